The average Bonchev–Trinajstić information content (AvgIpc) is 2.99. The zero-order valence-corrected chi connectivity index (χ0v) is 15.9. The minimum Gasteiger partial charge on any atom is -0.368 e. The van der Waals surface area contributed by atoms with Crippen LogP contribution in [0.25, 0.3) is 0 Å². The third kappa shape index (κ3) is 3.57. The predicted molar refractivity (Wildman–Crippen MR) is 93.1 cm³/mol. The maximum Gasteiger partial charge on any atom is 0.416 e. The lowest BCUT2D eigenvalue weighted by atomic mass is 10.1. The van der Waals surface area contributed by atoms with Gasteiger partial charge in [-0.15, -0.1) is 0 Å². The van der Waals surface area contributed by atoms with E-state index in [9.17, 15) is 26.9 Å². The summed E-state index contributed by atoms with van der Waals surface area (Å²) in [6.45, 7) is 3.79. The summed E-state index contributed by atoms with van der Waals surface area (Å²) in [5.74, 6) is 0.203. The summed E-state index contributed by atoms with van der Waals surface area (Å²) < 4.78 is 70.5. The van der Waals surface area contributed by atoms with Gasteiger partial charge in [0.2, 0.25) is 10.0 Å². The molecule has 0 saturated carbocycles. The largest absolute Gasteiger partial charge is 0.416 e. The molecule has 0 bridgehead atoms. The van der Waals surface area contributed by atoms with Crippen LogP contribution in [0, 0.1) is 25.2 Å². The maximum absolute atomic E-state index is 12.9. The minimum atomic E-state index is -4.54. The molecule has 150 valence electrons. The fourth-order valence-electron chi connectivity index (χ4n) is 3.22. The molecule has 2 aromatic rings. The Balaban J connectivity index is 1.80. The van der Waals surface area contributed by atoms with Crippen molar-refractivity contribution >= 4 is 15.7 Å². The minimum absolute atomic E-state index is 0.0354. The van der Waals surface area contributed by atoms with Gasteiger partial charge in [-0.1, -0.05) is 5.16 Å². The number of aryl methyl sites for hydroxylation is 2. The molecule has 2 heterocycles. The number of hydrogen-bond acceptors (Lipinski definition) is 6. The third-order valence-corrected chi connectivity index (χ3v) is 6.73. The van der Waals surface area contributed by atoms with Crippen molar-refractivity contribution in [3.63, 3.8) is 0 Å². The molecular weight excluding hydrogens is 397 g/mol. The summed E-state index contributed by atoms with van der Waals surface area (Å²) in [6, 6.07) is 4.77. The van der Waals surface area contributed by atoms with Gasteiger partial charge in [-0.3, -0.25) is 0 Å². The Labute approximate surface area is 160 Å². The van der Waals surface area contributed by atoms with Crippen LogP contribution in [0.15, 0.2) is 27.6 Å². The van der Waals surface area contributed by atoms with Crippen LogP contribution in [0.2, 0.25) is 0 Å². The molecule has 0 aliphatic carbocycles. The van der Waals surface area contributed by atoms with Crippen molar-refractivity contribution in [2.45, 2.75) is 24.9 Å². The first kappa shape index (κ1) is 20.2. The molecule has 11 heteroatoms. The summed E-state index contributed by atoms with van der Waals surface area (Å²) >= 11 is 0. The molecule has 28 heavy (non-hydrogen) atoms. The van der Waals surface area contributed by atoms with Gasteiger partial charge in [0.25, 0.3) is 0 Å². The summed E-state index contributed by atoms with van der Waals surface area (Å²) in [6.07, 6.45) is -4.54. The summed E-state index contributed by atoms with van der Waals surface area (Å²) in [4.78, 5) is 1.74. The fourth-order valence-corrected chi connectivity index (χ4v) is 4.93. The van der Waals surface area contributed by atoms with E-state index in [1.807, 2.05) is 0 Å². The Kier molecular flexibility index (Phi) is 5.12. The number of hydrogen-bond donors (Lipinski definition) is 0. The van der Waals surface area contributed by atoms with Crippen molar-refractivity contribution in [1.82, 2.24) is 9.46 Å². The smallest absolute Gasteiger partial charge is 0.368 e. The monoisotopic (exact) mass is 414 g/mol. The van der Waals surface area contributed by atoms with Crippen LogP contribution in [0.4, 0.5) is 18.9 Å². The molecule has 0 radical (unpaired) electrons. The van der Waals surface area contributed by atoms with E-state index in [0.717, 1.165) is 12.1 Å². The zero-order chi connectivity index (χ0) is 20.7. The van der Waals surface area contributed by atoms with Crippen molar-refractivity contribution in [2.24, 2.45) is 0 Å². The number of halogens is 3. The molecule has 3 rings (SSSR count). The highest BCUT2D eigenvalue weighted by Gasteiger charge is 2.35. The van der Waals surface area contributed by atoms with E-state index in [1.165, 1.54) is 17.3 Å². The molecule has 0 N–H and O–H groups in total. The van der Waals surface area contributed by atoms with Crippen molar-refractivity contribution in [2.75, 3.05) is 31.1 Å². The predicted octanol–water partition coefficient (Wildman–Crippen LogP) is 2.69. The van der Waals surface area contributed by atoms with E-state index in [-0.39, 0.29) is 48.1 Å². The SMILES string of the molecule is Cc1noc(C)c1S(=O)(=O)N1CCN(c2ccc(C(F)(F)F)cc2C#N)CC1. The maximum atomic E-state index is 12.9. The lowest BCUT2D eigenvalue weighted by molar-refractivity contribution is -0.137. The third-order valence-electron chi connectivity index (χ3n) is 4.59. The Morgan fingerprint density at radius 1 is 1.18 bits per heavy atom. The molecule has 1 aromatic carbocycles. The number of anilines is 1. The van der Waals surface area contributed by atoms with Crippen LogP contribution in [-0.2, 0) is 16.2 Å². The molecule has 0 spiro atoms. The van der Waals surface area contributed by atoms with Crippen LogP contribution in [-0.4, -0.2) is 44.1 Å². The number of nitrogens with zero attached hydrogens (tertiary/aromatic N) is 4. The quantitative estimate of drug-likeness (QED) is 0.767. The van der Waals surface area contributed by atoms with Gasteiger partial charge >= 0.3 is 6.18 Å². The highest BCUT2D eigenvalue weighted by atomic mass is 32.2. The lowest BCUT2D eigenvalue weighted by Gasteiger charge is -2.35. The van der Waals surface area contributed by atoms with E-state index in [2.05, 4.69) is 5.16 Å². The number of rotatable bonds is 3. The van der Waals surface area contributed by atoms with E-state index in [0.29, 0.717) is 5.69 Å². The molecule has 1 fully saturated rings. The van der Waals surface area contributed by atoms with E-state index in [1.54, 1.807) is 17.9 Å². The lowest BCUT2D eigenvalue weighted by Crippen LogP contribution is -2.49. The van der Waals surface area contributed by atoms with Gasteiger partial charge in [-0.2, -0.15) is 22.7 Å². The fraction of sp³-hybridized carbons (Fsp3) is 0.412. The van der Waals surface area contributed by atoms with Crippen molar-refractivity contribution in [3.05, 3.63) is 40.8 Å². The molecule has 1 aromatic heterocycles. The van der Waals surface area contributed by atoms with E-state index >= 15 is 0 Å². The number of piperazine rings is 1. The second-order valence-corrected chi connectivity index (χ2v) is 8.26. The van der Waals surface area contributed by atoms with Crippen LogP contribution < -0.4 is 4.90 Å². The van der Waals surface area contributed by atoms with Crippen LogP contribution in [0.5, 0.6) is 0 Å². The standard InChI is InChI=1S/C17H17F3N4O3S/c1-11-16(12(2)27-22-11)28(25,26)24-7-5-23(6-8-24)15-4-3-14(17(18,19)20)9-13(15)10-21/h3-4,9H,5-8H2,1-2H3. The molecule has 1 saturated heterocycles. The second-order valence-electron chi connectivity index (χ2n) is 6.39. The van der Waals surface area contributed by atoms with Gasteiger partial charge in [0.1, 0.15) is 16.7 Å². The van der Waals surface area contributed by atoms with Gasteiger partial charge < -0.3 is 9.42 Å². The summed E-state index contributed by atoms with van der Waals surface area (Å²) in [5.41, 5.74) is -0.372. The Bertz CT molecular complexity index is 1010. The summed E-state index contributed by atoms with van der Waals surface area (Å²) in [5, 5.41) is 12.9. The highest BCUT2D eigenvalue weighted by Crippen LogP contribution is 2.33. The molecule has 7 nitrogen and oxygen atoms in total. The van der Waals surface area contributed by atoms with Crippen LogP contribution in [0.1, 0.15) is 22.6 Å². The van der Waals surface area contributed by atoms with E-state index < -0.39 is 21.8 Å². The number of benzene rings is 1. The highest BCUT2D eigenvalue weighted by molar-refractivity contribution is 7.89. The number of sulfonamides is 1. The van der Waals surface area contributed by atoms with Gasteiger partial charge in [-0.05, 0) is 32.0 Å². The van der Waals surface area contributed by atoms with Gasteiger partial charge in [0.15, 0.2) is 5.76 Å². The second kappa shape index (κ2) is 7.10. The first-order valence-electron chi connectivity index (χ1n) is 8.35. The first-order valence-corrected chi connectivity index (χ1v) is 9.79. The van der Waals surface area contributed by atoms with Crippen LogP contribution in [0.3, 0.4) is 0 Å². The van der Waals surface area contributed by atoms with Gasteiger partial charge in [0.05, 0.1) is 16.8 Å². The molecule has 0 atom stereocenters. The first-order chi connectivity index (χ1) is 13.1. The Morgan fingerprint density at radius 3 is 2.32 bits per heavy atom. The molecule has 0 amide bonds. The van der Waals surface area contributed by atoms with Crippen molar-refractivity contribution < 1.29 is 26.1 Å². The zero-order valence-electron chi connectivity index (χ0n) is 15.1. The molecule has 1 aliphatic rings. The molecular formula is C17H17F3N4O3S. The summed E-state index contributed by atoms with van der Waals surface area (Å²) in [7, 11) is -3.79. The van der Waals surface area contributed by atoms with Crippen molar-refractivity contribution in [1.29, 1.82) is 5.26 Å². The average molecular weight is 414 g/mol. The Hall–Kier alpha value is -2.58. The van der Waals surface area contributed by atoms with Gasteiger partial charge in [-0.25, -0.2) is 8.42 Å². The number of aromatic nitrogens is 1. The topological polar surface area (TPSA) is 90.4 Å². The van der Waals surface area contributed by atoms with Crippen LogP contribution >= 0.6 is 0 Å². The van der Waals surface area contributed by atoms with E-state index in [4.69, 9.17) is 4.52 Å². The Morgan fingerprint density at radius 2 is 1.82 bits per heavy atom. The normalized spacial score (nSPS) is 16.2. The number of alkyl halides is 3. The number of nitriles is 1. The van der Waals surface area contributed by atoms with Gasteiger partial charge in [0, 0.05) is 26.2 Å². The molecule has 1 aliphatic heterocycles. The molecule has 0 unspecified atom stereocenters. The van der Waals surface area contributed by atoms with Crippen molar-refractivity contribution in [3.8, 4) is 6.07 Å².